The number of hydrogen-bond donors (Lipinski definition) is 3. The molecule has 0 spiro atoms. The zero-order valence-corrected chi connectivity index (χ0v) is 14.6. The van der Waals surface area contributed by atoms with Crippen molar-refractivity contribution in [1.82, 2.24) is 10.3 Å². The second-order valence-corrected chi connectivity index (χ2v) is 7.55. The summed E-state index contributed by atoms with van der Waals surface area (Å²) >= 11 is 0. The predicted octanol–water partition coefficient (Wildman–Crippen LogP) is 3.80. The van der Waals surface area contributed by atoms with Crippen LogP contribution in [0.4, 0.5) is 0 Å². The lowest BCUT2D eigenvalue weighted by atomic mass is 9.85. The van der Waals surface area contributed by atoms with E-state index in [2.05, 4.69) is 30.2 Å². The molecule has 5 nitrogen and oxygen atoms in total. The lowest BCUT2D eigenvalue weighted by Gasteiger charge is -2.28. The van der Waals surface area contributed by atoms with E-state index in [1.165, 1.54) is 5.56 Å². The smallest absolute Gasteiger partial charge is 0.268 e. The molecule has 1 heterocycles. The second kappa shape index (κ2) is 5.63. The number of fused-ring (bicyclic) bond motifs is 2. The van der Waals surface area contributed by atoms with Crippen LogP contribution in [0.2, 0.25) is 0 Å². The normalized spacial score (nSPS) is 17.7. The Bertz CT molecular complexity index is 1070. The number of carbonyl (C=O) groups excluding carboxylic acids is 1. The van der Waals surface area contributed by atoms with E-state index in [-0.39, 0.29) is 23.1 Å². The summed E-state index contributed by atoms with van der Waals surface area (Å²) in [6.07, 6.45) is 0.847. The predicted molar refractivity (Wildman–Crippen MR) is 98.8 cm³/mol. The van der Waals surface area contributed by atoms with E-state index in [1.54, 1.807) is 24.3 Å². The van der Waals surface area contributed by atoms with Crippen LogP contribution in [-0.4, -0.2) is 16.0 Å². The number of aromatic nitrogens is 1. The van der Waals surface area contributed by atoms with Gasteiger partial charge >= 0.3 is 0 Å². The minimum atomic E-state index is -0.200. The van der Waals surface area contributed by atoms with Gasteiger partial charge < -0.3 is 15.4 Å². The minimum Gasteiger partial charge on any atom is -0.508 e. The quantitative estimate of drug-likeness (QED) is 0.660. The first-order valence-electron chi connectivity index (χ1n) is 8.53. The van der Waals surface area contributed by atoms with Gasteiger partial charge in [0.1, 0.15) is 11.4 Å². The highest BCUT2D eigenvalue weighted by Crippen LogP contribution is 2.45. The molecule has 5 heteroatoms. The fraction of sp³-hybridized carbons (Fsp3) is 0.238. The number of phenolic OH excluding ortho intramolecular Hbond substituents is 1. The summed E-state index contributed by atoms with van der Waals surface area (Å²) in [5.41, 5.74) is 3.88. The van der Waals surface area contributed by atoms with Crippen LogP contribution in [0.25, 0.3) is 10.9 Å². The van der Waals surface area contributed by atoms with Crippen molar-refractivity contribution in [2.24, 2.45) is 5.41 Å². The molecule has 1 aliphatic rings. The van der Waals surface area contributed by atoms with Gasteiger partial charge in [-0.3, -0.25) is 4.79 Å². The molecule has 1 amide bonds. The van der Waals surface area contributed by atoms with Crippen LogP contribution in [0, 0.1) is 16.7 Å². The first kappa shape index (κ1) is 16.2. The fourth-order valence-electron chi connectivity index (χ4n) is 3.83. The molecule has 1 atom stereocenters. The highest BCUT2D eigenvalue weighted by Gasteiger charge is 2.40. The summed E-state index contributed by atoms with van der Waals surface area (Å²) in [5.74, 6) is -0.0349. The van der Waals surface area contributed by atoms with E-state index < -0.39 is 0 Å². The van der Waals surface area contributed by atoms with Gasteiger partial charge in [0.25, 0.3) is 5.91 Å². The van der Waals surface area contributed by atoms with Crippen LogP contribution in [-0.2, 0) is 6.42 Å². The number of nitrogens with one attached hydrogen (secondary N) is 2. The lowest BCUT2D eigenvalue weighted by Crippen LogP contribution is -2.35. The lowest BCUT2D eigenvalue weighted by molar-refractivity contribution is 0.0899. The summed E-state index contributed by atoms with van der Waals surface area (Å²) in [6.45, 7) is 4.24. The molecule has 0 fully saturated rings. The minimum absolute atomic E-state index is 0.143. The van der Waals surface area contributed by atoms with Crippen LogP contribution in [0.3, 0.4) is 0 Å². The molecule has 0 aliphatic heterocycles. The van der Waals surface area contributed by atoms with Crippen molar-refractivity contribution in [2.45, 2.75) is 26.3 Å². The molecule has 0 saturated heterocycles. The number of carbonyl (C=O) groups is 1. The number of H-pyrrole nitrogens is 1. The first-order valence-corrected chi connectivity index (χ1v) is 8.53. The Kier molecular flexibility index (Phi) is 3.52. The van der Waals surface area contributed by atoms with E-state index in [4.69, 9.17) is 0 Å². The van der Waals surface area contributed by atoms with Crippen LogP contribution in [0.15, 0.2) is 42.5 Å². The summed E-state index contributed by atoms with van der Waals surface area (Å²) in [4.78, 5) is 15.9. The van der Waals surface area contributed by atoms with Gasteiger partial charge in [-0.1, -0.05) is 19.9 Å². The third kappa shape index (κ3) is 2.60. The number of nitrogens with zero attached hydrogens (tertiary/aromatic N) is 1. The Balaban J connectivity index is 1.67. The molecular formula is C21H19N3O2. The van der Waals surface area contributed by atoms with Crippen molar-refractivity contribution in [3.05, 3.63) is 64.8 Å². The Morgan fingerprint density at radius 3 is 2.85 bits per heavy atom. The van der Waals surface area contributed by atoms with Crippen LogP contribution < -0.4 is 5.32 Å². The SMILES string of the molecule is CC1(C)Cc2ccc(C#N)cc2[C@@H]1NC(=O)c1cc2cc(O)ccc2[nH]1. The van der Waals surface area contributed by atoms with E-state index in [1.807, 2.05) is 18.2 Å². The van der Waals surface area contributed by atoms with Crippen molar-refractivity contribution >= 4 is 16.8 Å². The van der Waals surface area contributed by atoms with Gasteiger partial charge in [-0.2, -0.15) is 5.26 Å². The molecular weight excluding hydrogens is 326 g/mol. The molecule has 3 N–H and O–H groups in total. The molecule has 0 unspecified atom stereocenters. The molecule has 4 rings (SSSR count). The van der Waals surface area contributed by atoms with Gasteiger partial charge in [0.2, 0.25) is 0 Å². The van der Waals surface area contributed by atoms with Crippen molar-refractivity contribution in [3.8, 4) is 11.8 Å². The molecule has 0 radical (unpaired) electrons. The molecule has 26 heavy (non-hydrogen) atoms. The first-order chi connectivity index (χ1) is 12.4. The van der Waals surface area contributed by atoms with Gasteiger partial charge in [0.05, 0.1) is 17.7 Å². The van der Waals surface area contributed by atoms with Crippen LogP contribution >= 0.6 is 0 Å². The molecule has 1 aliphatic carbocycles. The molecule has 0 bridgehead atoms. The number of nitriles is 1. The average molecular weight is 345 g/mol. The van der Waals surface area contributed by atoms with Crippen LogP contribution in [0.1, 0.15) is 47.1 Å². The number of benzene rings is 2. The number of aromatic hydroxyl groups is 1. The summed E-state index contributed by atoms with van der Waals surface area (Å²) < 4.78 is 0. The maximum Gasteiger partial charge on any atom is 0.268 e. The van der Waals surface area contributed by atoms with Crippen molar-refractivity contribution < 1.29 is 9.90 Å². The molecule has 1 aromatic heterocycles. The van der Waals surface area contributed by atoms with Gasteiger partial charge in [0, 0.05) is 10.9 Å². The van der Waals surface area contributed by atoms with Gasteiger partial charge in [-0.15, -0.1) is 0 Å². The number of amides is 1. The number of rotatable bonds is 2. The van der Waals surface area contributed by atoms with Crippen molar-refractivity contribution in [2.75, 3.05) is 0 Å². The Hall–Kier alpha value is -3.26. The topological polar surface area (TPSA) is 88.9 Å². The highest BCUT2D eigenvalue weighted by molar-refractivity contribution is 5.98. The monoisotopic (exact) mass is 345 g/mol. The summed E-state index contributed by atoms with van der Waals surface area (Å²) in [7, 11) is 0. The van der Waals surface area contributed by atoms with Crippen molar-refractivity contribution in [3.63, 3.8) is 0 Å². The highest BCUT2D eigenvalue weighted by atomic mass is 16.3. The Morgan fingerprint density at radius 2 is 2.08 bits per heavy atom. The zero-order valence-electron chi connectivity index (χ0n) is 14.6. The third-order valence-electron chi connectivity index (χ3n) is 5.14. The Labute approximate surface area is 151 Å². The van der Waals surface area contributed by atoms with Crippen molar-refractivity contribution in [1.29, 1.82) is 5.26 Å². The molecule has 3 aromatic rings. The van der Waals surface area contributed by atoms with E-state index >= 15 is 0 Å². The van der Waals surface area contributed by atoms with Gasteiger partial charge in [0.15, 0.2) is 0 Å². The number of phenols is 1. The van der Waals surface area contributed by atoms with E-state index in [0.717, 1.165) is 22.9 Å². The fourth-order valence-corrected chi connectivity index (χ4v) is 3.83. The molecule has 0 saturated carbocycles. The van der Waals surface area contributed by atoms with Gasteiger partial charge in [-0.05, 0) is 59.4 Å². The van der Waals surface area contributed by atoms with Gasteiger partial charge in [-0.25, -0.2) is 0 Å². The molecule has 2 aromatic carbocycles. The molecule has 130 valence electrons. The number of aromatic amines is 1. The van der Waals surface area contributed by atoms with E-state index in [0.29, 0.717) is 11.3 Å². The van der Waals surface area contributed by atoms with E-state index in [9.17, 15) is 15.2 Å². The summed E-state index contributed by atoms with van der Waals surface area (Å²) in [6, 6.07) is 14.4. The number of hydrogen-bond acceptors (Lipinski definition) is 3. The third-order valence-corrected chi connectivity index (χ3v) is 5.14. The maximum absolute atomic E-state index is 12.8. The standard InChI is InChI=1S/C21H19N3O2/c1-21(2)10-13-4-3-12(11-22)7-16(13)19(21)24-20(26)18-9-14-8-15(25)5-6-17(14)23-18/h3-9,19,23,25H,10H2,1-2H3,(H,24,26)/t19-/m0/s1. The maximum atomic E-state index is 12.8. The Morgan fingerprint density at radius 1 is 1.27 bits per heavy atom. The van der Waals surface area contributed by atoms with Crippen LogP contribution in [0.5, 0.6) is 5.75 Å². The average Bonchev–Trinajstić information content (AvgIpc) is 3.12. The second-order valence-electron chi connectivity index (χ2n) is 7.55. The zero-order chi connectivity index (χ0) is 18.5. The largest absolute Gasteiger partial charge is 0.508 e. The summed E-state index contributed by atoms with van der Waals surface area (Å²) in [5, 5.41) is 22.7.